The zero-order chi connectivity index (χ0) is 45.9. The van der Waals surface area contributed by atoms with Crippen LogP contribution >= 0.6 is 0 Å². The lowest BCUT2D eigenvalue weighted by Crippen LogP contribution is -2.70. The average Bonchev–Trinajstić information content (AvgIpc) is 3.03. The number of esters is 1. The van der Waals surface area contributed by atoms with E-state index in [1.807, 2.05) is 4.74 Å². The maximum atomic E-state index is 14.7. The monoisotopic (exact) mass is 914 g/mol. The van der Waals surface area contributed by atoms with Crippen molar-refractivity contribution in [1.82, 2.24) is 0 Å². The minimum Gasteiger partial charge on any atom is -0.461 e. The van der Waals surface area contributed by atoms with E-state index >= 15 is 0 Å². The molecular weight excluding hydrogens is 877 g/mol. The second-order valence-electron chi connectivity index (χ2n) is 12.6. The molecule has 58 heavy (non-hydrogen) atoms. The van der Waals surface area contributed by atoms with Crippen LogP contribution in [0.25, 0.3) is 0 Å². The number of carbonyl (C=O) groups is 1. The highest BCUT2D eigenvalue weighted by molar-refractivity contribution is 5.78. The Kier molecular flexibility index (Phi) is 19.7. The van der Waals surface area contributed by atoms with Gasteiger partial charge in [-0.15, -0.1) is 0 Å². The number of carbonyl (C=O) groups excluding carboxylic acids is 1. The van der Waals surface area contributed by atoms with Gasteiger partial charge in [0, 0.05) is 0 Å². The zero-order valence-corrected chi connectivity index (χ0v) is 29.8. The van der Waals surface area contributed by atoms with Gasteiger partial charge in [0.05, 0.1) is 6.61 Å². The highest BCUT2D eigenvalue weighted by Crippen LogP contribution is 2.59. The summed E-state index contributed by atoms with van der Waals surface area (Å²) in [5, 5.41) is 0. The highest BCUT2D eigenvalue weighted by atomic mass is 19.4. The molecule has 0 aliphatic carbocycles. The maximum Gasteiger partial charge on any atom is 0.462 e. The van der Waals surface area contributed by atoms with Crippen molar-refractivity contribution in [3.63, 3.8) is 0 Å². The van der Waals surface area contributed by atoms with E-state index < -0.39 is 85.5 Å². The largest absolute Gasteiger partial charge is 0.462 e. The minimum absolute atomic E-state index is 0.0571. The van der Waals surface area contributed by atoms with Gasteiger partial charge in [0.25, 0.3) is 0 Å². The molecule has 0 N–H and O–H groups in total. The lowest BCUT2D eigenvalue weighted by molar-refractivity contribution is -0.578. The zero-order valence-electron chi connectivity index (χ0n) is 29.8. The smallest absolute Gasteiger partial charge is 0.461 e. The van der Waals surface area contributed by atoms with Crippen molar-refractivity contribution in [3.8, 4) is 0 Å². The first-order valence-corrected chi connectivity index (χ1v) is 17.0. The summed E-state index contributed by atoms with van der Waals surface area (Å²) in [4.78, 5) is 11.8. The van der Waals surface area contributed by atoms with Gasteiger partial charge in [0.2, 0.25) is 0 Å². The van der Waals surface area contributed by atoms with Crippen LogP contribution in [0, 0.1) is 0 Å². The van der Waals surface area contributed by atoms with Crippen LogP contribution in [0.1, 0.15) is 110 Å². The van der Waals surface area contributed by atoms with Crippen LogP contribution in [-0.4, -0.2) is 79.1 Å². The Balaban J connectivity index is 5.89. The Morgan fingerprint density at radius 1 is 0.362 bits per heavy atom. The first kappa shape index (κ1) is 55.7. The third-order valence-corrected chi connectivity index (χ3v) is 7.86. The Morgan fingerprint density at radius 2 is 0.655 bits per heavy atom. The summed E-state index contributed by atoms with van der Waals surface area (Å²) >= 11 is 0. The molecule has 0 aromatic heterocycles. The molecule has 0 aromatic rings. The van der Waals surface area contributed by atoms with Crippen LogP contribution < -0.4 is 0 Å². The molecule has 0 aliphatic rings. The van der Waals surface area contributed by atoms with E-state index in [4.69, 9.17) is 0 Å². The predicted molar refractivity (Wildman–Crippen MR) is 149 cm³/mol. The summed E-state index contributed by atoms with van der Waals surface area (Å²) in [6.07, 6.45) is -45.4. The summed E-state index contributed by atoms with van der Waals surface area (Å²) in [6.45, 7) is 0.698. The van der Waals surface area contributed by atoms with E-state index in [1.165, 1.54) is 17.6 Å². The molecule has 0 rings (SSSR count). The Labute approximate surface area is 314 Å². The highest BCUT2D eigenvalue weighted by Gasteiger charge is 2.88. The Morgan fingerprint density at radius 3 is 0.948 bits per heavy atom. The number of alkyl halides is 23. The summed E-state index contributed by atoms with van der Waals surface area (Å²) in [5.41, 5.74) is 0. The number of hydrogen-bond donors (Lipinski definition) is 0. The van der Waals surface area contributed by atoms with E-state index in [2.05, 4.69) is 11.7 Å². The molecule has 0 aromatic carbocycles. The molecule has 0 saturated carbocycles. The minimum atomic E-state index is -8.75. The summed E-state index contributed by atoms with van der Waals surface area (Å²) in [6, 6.07) is 0. The molecule has 0 bridgehead atoms. The fraction of sp³-hybridized carbons (Fsp3) is 0.967. The van der Waals surface area contributed by atoms with E-state index in [9.17, 15) is 106 Å². The second kappa shape index (κ2) is 20.5. The van der Waals surface area contributed by atoms with Crippen molar-refractivity contribution in [1.29, 1.82) is 0 Å². The molecule has 3 atom stereocenters. The second-order valence-corrected chi connectivity index (χ2v) is 12.6. The molecule has 0 aliphatic heterocycles. The van der Waals surface area contributed by atoms with Crippen LogP contribution in [0.15, 0.2) is 0 Å². The molecule has 0 fully saturated rings. The number of halogens is 23. The quantitative estimate of drug-likeness (QED) is 0.0467. The van der Waals surface area contributed by atoms with Crippen LogP contribution in [0.2, 0.25) is 0 Å². The van der Waals surface area contributed by atoms with Gasteiger partial charge in [-0.2, -0.15) is 101 Å². The number of hydrogen-bond acceptors (Lipinski definition) is 5. The molecule has 0 saturated heterocycles. The molecular formula is C30H37F23O5. The molecule has 0 radical (unpaired) electrons. The number of rotatable bonds is 27. The van der Waals surface area contributed by atoms with Gasteiger partial charge in [-0.3, -0.25) is 14.2 Å². The topological polar surface area (TPSA) is 54.0 Å². The van der Waals surface area contributed by atoms with Gasteiger partial charge < -0.3 is 4.74 Å². The lowest BCUT2D eigenvalue weighted by Gasteiger charge is -2.42. The predicted octanol–water partition coefficient (Wildman–Crippen LogP) is 13.5. The molecule has 0 spiro atoms. The van der Waals surface area contributed by atoms with E-state index in [-0.39, 0.29) is 12.8 Å². The van der Waals surface area contributed by atoms with E-state index in [1.54, 1.807) is 0 Å². The van der Waals surface area contributed by atoms with Gasteiger partial charge in [-0.25, -0.2) is 4.79 Å². The lowest BCUT2D eigenvalue weighted by atomic mass is 10.0. The van der Waals surface area contributed by atoms with E-state index in [0.29, 0.717) is 12.8 Å². The number of ether oxygens (including phenoxy) is 4. The fourth-order valence-electron chi connectivity index (χ4n) is 4.58. The van der Waals surface area contributed by atoms with Crippen molar-refractivity contribution in [3.05, 3.63) is 0 Å². The van der Waals surface area contributed by atoms with Gasteiger partial charge >= 0.3 is 72.5 Å². The molecule has 0 heterocycles. The van der Waals surface area contributed by atoms with Gasteiger partial charge in [-0.1, -0.05) is 103 Å². The van der Waals surface area contributed by atoms with Crippen molar-refractivity contribution in [2.45, 2.75) is 176 Å². The standard InChI is InChI=1S/C30H37F23O5/c1-2-3-4-5-6-7-8-9-10-11-12-13-14-15-16-17-18-55-19(54)20(31,24(36,37)38)56-29(50,51)22(34,26(42,43)44)58-30(52,53)23(35,27(45,46)47)57-28(48,49)21(32,33)25(39,40)41/h2-18H2,1H3. The third kappa shape index (κ3) is 13.9. The molecule has 28 heteroatoms. The van der Waals surface area contributed by atoms with Crippen LogP contribution in [0.5, 0.6) is 0 Å². The third-order valence-electron chi connectivity index (χ3n) is 7.86. The average molecular weight is 915 g/mol. The SMILES string of the molecule is CCCCCCCCCCCCCCCCCCOC(=O)C(F)(OC(F)(F)C(F)(OC(F)(F)C(F)(OC(F)(F)C(F)(F)C(F)(F)F)C(F)(F)F)C(F)(F)F)C(F)(F)F. The molecule has 3 unspecified atom stereocenters. The first-order valence-electron chi connectivity index (χ1n) is 17.0. The van der Waals surface area contributed by atoms with E-state index in [0.717, 1.165) is 62.5 Å². The van der Waals surface area contributed by atoms with Crippen molar-refractivity contribution in [2.75, 3.05) is 6.61 Å². The first-order chi connectivity index (χ1) is 25.9. The van der Waals surface area contributed by atoms with Crippen LogP contribution in [0.3, 0.4) is 0 Å². The molecule has 5 nitrogen and oxygen atoms in total. The molecule has 348 valence electrons. The van der Waals surface area contributed by atoms with Crippen molar-refractivity contribution >= 4 is 5.97 Å². The van der Waals surface area contributed by atoms with Gasteiger partial charge in [-0.05, 0) is 6.42 Å². The van der Waals surface area contributed by atoms with Crippen LogP contribution in [0.4, 0.5) is 101 Å². The van der Waals surface area contributed by atoms with Crippen molar-refractivity contribution in [2.24, 2.45) is 0 Å². The fourth-order valence-corrected chi connectivity index (χ4v) is 4.58. The molecule has 0 amide bonds. The van der Waals surface area contributed by atoms with Crippen LogP contribution in [-0.2, 0) is 23.7 Å². The van der Waals surface area contributed by atoms with Crippen molar-refractivity contribution < 1.29 is 125 Å². The van der Waals surface area contributed by atoms with Gasteiger partial charge in [0.15, 0.2) is 0 Å². The summed E-state index contributed by atoms with van der Waals surface area (Å²) in [5.74, 6) is -36.5. The summed E-state index contributed by atoms with van der Waals surface area (Å²) in [7, 11) is 0. The normalized spacial score (nSPS) is 17.4. The Bertz CT molecular complexity index is 1240. The maximum absolute atomic E-state index is 14.7. The summed E-state index contributed by atoms with van der Waals surface area (Å²) < 4.78 is 317. The Hall–Kier alpha value is -2.26. The van der Waals surface area contributed by atoms with Gasteiger partial charge in [0.1, 0.15) is 0 Å². The number of unbranched alkanes of at least 4 members (excludes halogenated alkanes) is 15.